The van der Waals surface area contributed by atoms with Crippen LogP contribution in [0.25, 0.3) is 0 Å². The molecule has 2 rings (SSSR count). The fourth-order valence-electron chi connectivity index (χ4n) is 2.55. The summed E-state index contributed by atoms with van der Waals surface area (Å²) in [5.74, 6) is 0. The smallest absolute Gasteiger partial charge is 0.166 e. The standard InChI is InChI=1S/C13H22N4S/c1-9-12(10(2)17(3)16-9)8-14-13(18)15-11-6-4-5-7-11/h11H,4-8H2,1-3H3,(H2,14,15,18). The van der Waals surface area contributed by atoms with Crippen molar-refractivity contribution in [2.75, 3.05) is 0 Å². The molecule has 2 N–H and O–H groups in total. The van der Waals surface area contributed by atoms with Gasteiger partial charge in [0.05, 0.1) is 5.69 Å². The number of aromatic nitrogens is 2. The third-order valence-corrected chi connectivity index (χ3v) is 4.04. The van der Waals surface area contributed by atoms with Gasteiger partial charge in [0.1, 0.15) is 0 Å². The van der Waals surface area contributed by atoms with Gasteiger partial charge in [0.25, 0.3) is 0 Å². The predicted octanol–water partition coefficient (Wildman–Crippen LogP) is 1.94. The molecule has 5 heteroatoms. The summed E-state index contributed by atoms with van der Waals surface area (Å²) in [5.41, 5.74) is 3.52. The summed E-state index contributed by atoms with van der Waals surface area (Å²) < 4.78 is 1.92. The maximum absolute atomic E-state index is 5.33. The lowest BCUT2D eigenvalue weighted by Crippen LogP contribution is -2.40. The van der Waals surface area contributed by atoms with Gasteiger partial charge < -0.3 is 10.6 Å². The van der Waals surface area contributed by atoms with Crippen LogP contribution < -0.4 is 10.6 Å². The third-order valence-electron chi connectivity index (χ3n) is 3.77. The molecule has 1 aromatic rings. The molecule has 100 valence electrons. The molecule has 1 heterocycles. The van der Waals surface area contributed by atoms with Crippen molar-refractivity contribution in [3.05, 3.63) is 17.0 Å². The molecule has 0 radical (unpaired) electrons. The summed E-state index contributed by atoms with van der Waals surface area (Å²) in [6, 6.07) is 0.570. The number of hydrogen-bond donors (Lipinski definition) is 2. The first kappa shape index (κ1) is 13.3. The van der Waals surface area contributed by atoms with Crippen LogP contribution in [0.2, 0.25) is 0 Å². The SMILES string of the molecule is Cc1nn(C)c(C)c1CNC(=S)NC1CCCC1. The van der Waals surface area contributed by atoms with Crippen molar-refractivity contribution < 1.29 is 0 Å². The van der Waals surface area contributed by atoms with Crippen molar-refractivity contribution >= 4 is 17.3 Å². The number of nitrogens with zero attached hydrogens (tertiary/aromatic N) is 2. The zero-order valence-electron chi connectivity index (χ0n) is 11.4. The molecule has 1 aliphatic carbocycles. The Bertz CT molecular complexity index is 432. The molecule has 0 bridgehead atoms. The summed E-state index contributed by atoms with van der Waals surface area (Å²) in [5, 5.41) is 11.8. The van der Waals surface area contributed by atoms with E-state index in [1.807, 2.05) is 18.7 Å². The Kier molecular flexibility index (Phi) is 4.22. The van der Waals surface area contributed by atoms with Crippen molar-refractivity contribution in [2.24, 2.45) is 7.05 Å². The van der Waals surface area contributed by atoms with Gasteiger partial charge >= 0.3 is 0 Å². The molecule has 1 fully saturated rings. The van der Waals surface area contributed by atoms with Crippen LogP contribution in [-0.2, 0) is 13.6 Å². The number of nitrogens with one attached hydrogen (secondary N) is 2. The summed E-state index contributed by atoms with van der Waals surface area (Å²) in [7, 11) is 1.97. The van der Waals surface area contributed by atoms with Crippen LogP contribution in [0, 0.1) is 13.8 Å². The molecule has 0 aromatic carbocycles. The quantitative estimate of drug-likeness (QED) is 0.821. The molecule has 18 heavy (non-hydrogen) atoms. The van der Waals surface area contributed by atoms with Crippen molar-refractivity contribution in [1.29, 1.82) is 0 Å². The van der Waals surface area contributed by atoms with E-state index in [9.17, 15) is 0 Å². The third kappa shape index (κ3) is 3.02. The molecular weight excluding hydrogens is 244 g/mol. The topological polar surface area (TPSA) is 41.9 Å². The maximum Gasteiger partial charge on any atom is 0.166 e. The summed E-state index contributed by atoms with van der Waals surface area (Å²) in [6.45, 7) is 4.88. The van der Waals surface area contributed by atoms with E-state index in [0.29, 0.717) is 6.04 Å². The molecule has 4 nitrogen and oxygen atoms in total. The van der Waals surface area contributed by atoms with Crippen LogP contribution in [-0.4, -0.2) is 20.9 Å². The van der Waals surface area contributed by atoms with Crippen molar-refractivity contribution in [1.82, 2.24) is 20.4 Å². The lowest BCUT2D eigenvalue weighted by Gasteiger charge is -2.15. The van der Waals surface area contributed by atoms with Crippen LogP contribution >= 0.6 is 12.2 Å². The minimum absolute atomic E-state index is 0.570. The predicted molar refractivity (Wildman–Crippen MR) is 77.5 cm³/mol. The van der Waals surface area contributed by atoms with Crippen LogP contribution in [0.5, 0.6) is 0 Å². The van der Waals surface area contributed by atoms with Crippen LogP contribution in [0.15, 0.2) is 0 Å². The average Bonchev–Trinajstić information content (AvgIpc) is 2.88. The van der Waals surface area contributed by atoms with Gasteiger partial charge in [0, 0.05) is 30.9 Å². The van der Waals surface area contributed by atoms with Gasteiger partial charge in [-0.25, -0.2) is 0 Å². The largest absolute Gasteiger partial charge is 0.360 e. The average molecular weight is 266 g/mol. The van der Waals surface area contributed by atoms with Crippen LogP contribution in [0.1, 0.15) is 42.6 Å². The fraction of sp³-hybridized carbons (Fsp3) is 0.692. The molecule has 1 aromatic heterocycles. The van der Waals surface area contributed by atoms with Gasteiger partial charge in [0.15, 0.2) is 5.11 Å². The normalized spacial score (nSPS) is 15.9. The second-order valence-electron chi connectivity index (χ2n) is 5.08. The first-order chi connectivity index (χ1) is 8.58. The minimum atomic E-state index is 0.570. The van der Waals surface area contributed by atoms with Gasteiger partial charge in [-0.05, 0) is 38.9 Å². The minimum Gasteiger partial charge on any atom is -0.360 e. The van der Waals surface area contributed by atoms with Gasteiger partial charge in [0.2, 0.25) is 0 Å². The second kappa shape index (κ2) is 5.69. The highest BCUT2D eigenvalue weighted by atomic mass is 32.1. The Morgan fingerprint density at radius 1 is 1.39 bits per heavy atom. The monoisotopic (exact) mass is 266 g/mol. The summed E-state index contributed by atoms with van der Waals surface area (Å²) in [6.07, 6.45) is 5.13. The Labute approximate surface area is 114 Å². The lowest BCUT2D eigenvalue weighted by molar-refractivity contribution is 0.621. The van der Waals surface area contributed by atoms with Gasteiger partial charge in [-0.15, -0.1) is 0 Å². The lowest BCUT2D eigenvalue weighted by atomic mass is 10.2. The van der Waals surface area contributed by atoms with Crippen molar-refractivity contribution in [3.8, 4) is 0 Å². The molecule has 0 spiro atoms. The highest BCUT2D eigenvalue weighted by Gasteiger charge is 2.16. The van der Waals surface area contributed by atoms with Gasteiger partial charge in [-0.1, -0.05) is 12.8 Å². The molecule has 0 amide bonds. The molecule has 0 saturated heterocycles. The van der Waals surface area contributed by atoms with E-state index < -0.39 is 0 Å². The maximum atomic E-state index is 5.33. The highest BCUT2D eigenvalue weighted by Crippen LogP contribution is 2.17. The Balaban J connectivity index is 1.85. The molecule has 0 unspecified atom stereocenters. The molecule has 1 aliphatic rings. The van der Waals surface area contributed by atoms with E-state index in [0.717, 1.165) is 17.4 Å². The van der Waals surface area contributed by atoms with Crippen molar-refractivity contribution in [2.45, 2.75) is 52.1 Å². The van der Waals surface area contributed by atoms with E-state index in [-0.39, 0.29) is 0 Å². The van der Waals surface area contributed by atoms with E-state index in [1.54, 1.807) is 0 Å². The number of hydrogen-bond acceptors (Lipinski definition) is 2. The zero-order chi connectivity index (χ0) is 13.1. The van der Waals surface area contributed by atoms with Gasteiger partial charge in [-0.2, -0.15) is 5.10 Å². The molecular formula is C13H22N4S. The van der Waals surface area contributed by atoms with E-state index in [2.05, 4.69) is 22.7 Å². The Morgan fingerprint density at radius 2 is 2.06 bits per heavy atom. The summed E-state index contributed by atoms with van der Waals surface area (Å²) in [4.78, 5) is 0. The Hall–Kier alpha value is -1.10. The number of thiocarbonyl (C=S) groups is 1. The molecule has 0 atom stereocenters. The van der Waals surface area contributed by atoms with E-state index in [4.69, 9.17) is 12.2 Å². The highest BCUT2D eigenvalue weighted by molar-refractivity contribution is 7.80. The zero-order valence-corrected chi connectivity index (χ0v) is 12.2. The van der Waals surface area contributed by atoms with Crippen LogP contribution in [0.4, 0.5) is 0 Å². The van der Waals surface area contributed by atoms with Crippen LogP contribution in [0.3, 0.4) is 0 Å². The second-order valence-corrected chi connectivity index (χ2v) is 5.49. The molecule has 0 aliphatic heterocycles. The number of aryl methyl sites for hydroxylation is 2. The number of rotatable bonds is 3. The van der Waals surface area contributed by atoms with E-state index >= 15 is 0 Å². The Morgan fingerprint density at radius 3 is 2.61 bits per heavy atom. The van der Waals surface area contributed by atoms with E-state index in [1.165, 1.54) is 36.9 Å². The molecule has 1 saturated carbocycles. The fourth-order valence-corrected chi connectivity index (χ4v) is 2.79. The summed E-state index contributed by atoms with van der Waals surface area (Å²) >= 11 is 5.33. The first-order valence-corrected chi connectivity index (χ1v) is 7.02. The first-order valence-electron chi connectivity index (χ1n) is 6.61. The van der Waals surface area contributed by atoms with Gasteiger partial charge in [-0.3, -0.25) is 4.68 Å². The van der Waals surface area contributed by atoms with Crippen molar-refractivity contribution in [3.63, 3.8) is 0 Å².